The third kappa shape index (κ3) is 7.69. The molecule has 3 saturated heterocycles. The molecule has 3 aliphatic heterocycles. The first-order valence-electron chi connectivity index (χ1n) is 18.2. The van der Waals surface area contributed by atoms with Gasteiger partial charge in [-0.05, 0) is 69.6 Å². The molecule has 2 aromatic carbocycles. The molecule has 0 radical (unpaired) electrons. The second-order valence-electron chi connectivity index (χ2n) is 14.4. The minimum Gasteiger partial charge on any atom is -0.386 e. The number of alkyl halides is 3. The van der Waals surface area contributed by atoms with E-state index in [-0.39, 0.29) is 40.3 Å². The number of aromatic amines is 1. The second kappa shape index (κ2) is 15.2. The molecule has 3 N–H and O–H groups in total. The molecule has 7 rings (SSSR count). The summed E-state index contributed by atoms with van der Waals surface area (Å²) in [5, 5.41) is 6.13. The molecule has 5 heterocycles. The van der Waals surface area contributed by atoms with Gasteiger partial charge in [-0.1, -0.05) is 29.8 Å². The molecule has 12 nitrogen and oxygen atoms in total. The number of rotatable bonds is 7. The van der Waals surface area contributed by atoms with Crippen molar-refractivity contribution in [1.82, 2.24) is 39.5 Å². The van der Waals surface area contributed by atoms with Crippen molar-refractivity contribution in [3.05, 3.63) is 69.2 Å². The van der Waals surface area contributed by atoms with Crippen molar-refractivity contribution in [3.63, 3.8) is 0 Å². The Morgan fingerprint density at radius 2 is 1.64 bits per heavy atom. The fourth-order valence-corrected chi connectivity index (χ4v) is 8.57. The number of H-pyrrole nitrogens is 1. The van der Waals surface area contributed by atoms with Gasteiger partial charge in [-0.2, -0.15) is 13.2 Å². The Kier molecular flexibility index (Phi) is 10.6. The summed E-state index contributed by atoms with van der Waals surface area (Å²) in [6.45, 7) is 4.97. The van der Waals surface area contributed by atoms with Gasteiger partial charge in [-0.3, -0.25) is 19.2 Å². The first-order chi connectivity index (χ1) is 25.4. The molecule has 3 aliphatic rings. The summed E-state index contributed by atoms with van der Waals surface area (Å²) < 4.78 is 43.9. The highest BCUT2D eigenvalue weighted by molar-refractivity contribution is 6.33. The van der Waals surface area contributed by atoms with Crippen LogP contribution in [-0.2, 0) is 17.4 Å². The summed E-state index contributed by atoms with van der Waals surface area (Å²) >= 11 is 6.32. The lowest BCUT2D eigenvalue weighted by atomic mass is 9.99. The zero-order valence-corrected chi connectivity index (χ0v) is 30.6. The van der Waals surface area contributed by atoms with Crippen LogP contribution in [0.3, 0.4) is 0 Å². The molecule has 2 aromatic heterocycles. The van der Waals surface area contributed by atoms with Crippen molar-refractivity contribution in [2.45, 2.75) is 56.4 Å². The van der Waals surface area contributed by atoms with E-state index in [1.165, 1.54) is 13.1 Å². The van der Waals surface area contributed by atoms with Crippen molar-refractivity contribution in [2.75, 3.05) is 71.8 Å². The number of fused-ring (bicyclic) bond motifs is 3. The minimum atomic E-state index is -4.69. The molecule has 16 heteroatoms. The summed E-state index contributed by atoms with van der Waals surface area (Å²) in [5.41, 5.74) is 0.932. The van der Waals surface area contributed by atoms with E-state index in [1.807, 2.05) is 24.3 Å². The number of piperidine rings is 2. The number of anilines is 1. The van der Waals surface area contributed by atoms with Crippen LogP contribution in [0.15, 0.2) is 47.4 Å². The number of benzene rings is 2. The maximum atomic E-state index is 14.2. The van der Waals surface area contributed by atoms with E-state index in [2.05, 4.69) is 37.4 Å². The third-order valence-corrected chi connectivity index (χ3v) is 11.5. The van der Waals surface area contributed by atoms with Gasteiger partial charge in [0.2, 0.25) is 5.91 Å². The molecule has 0 unspecified atom stereocenters. The van der Waals surface area contributed by atoms with E-state index in [1.54, 1.807) is 20.6 Å². The standard InChI is InChI=1S/C37H45ClF3N9O3/c1-42-33-27(37(39,40)41)19-23(20-28(33)38)21-30(34(51)48-17-15-47(16-18-48)24-7-11-46(2)12-8-24)44-35(52)49-13-9-25(10-14-49)50-31-22-43-29-6-4-3-5-26(29)32(31)45-36(50)53/h3-6,19-20,22,24-25,30,42H,7-18,21H2,1-2H3,(H,44,52)(H,45,53)/t30-/m1/s1. The number of hydrogen-bond donors (Lipinski definition) is 3. The van der Waals surface area contributed by atoms with Crippen LogP contribution >= 0.6 is 11.6 Å². The van der Waals surface area contributed by atoms with Crippen LogP contribution < -0.4 is 16.3 Å². The minimum absolute atomic E-state index is 0.126. The smallest absolute Gasteiger partial charge is 0.386 e. The van der Waals surface area contributed by atoms with Crippen LogP contribution in [-0.4, -0.2) is 125 Å². The van der Waals surface area contributed by atoms with Gasteiger partial charge in [-0.15, -0.1) is 0 Å². The van der Waals surface area contributed by atoms with E-state index in [0.29, 0.717) is 69.2 Å². The van der Waals surface area contributed by atoms with E-state index in [9.17, 15) is 27.6 Å². The summed E-state index contributed by atoms with van der Waals surface area (Å²) in [6.07, 6.45) is -0.0692. The van der Waals surface area contributed by atoms with Gasteiger partial charge in [0, 0.05) is 70.2 Å². The number of hydrogen-bond acceptors (Lipinski definition) is 7. The maximum Gasteiger partial charge on any atom is 0.418 e. The predicted octanol–water partition coefficient (Wildman–Crippen LogP) is 4.79. The van der Waals surface area contributed by atoms with Crippen molar-refractivity contribution in [1.29, 1.82) is 0 Å². The highest BCUT2D eigenvalue weighted by atomic mass is 35.5. The zero-order chi connectivity index (χ0) is 37.4. The molecule has 284 valence electrons. The largest absolute Gasteiger partial charge is 0.418 e. The van der Waals surface area contributed by atoms with Crippen molar-refractivity contribution in [2.24, 2.45) is 0 Å². The topological polar surface area (TPSA) is 122 Å². The van der Waals surface area contributed by atoms with Crippen LogP contribution in [0.4, 0.5) is 23.7 Å². The average molecular weight is 756 g/mol. The van der Waals surface area contributed by atoms with Crippen LogP contribution in [0, 0.1) is 0 Å². The molecule has 0 saturated carbocycles. The Hall–Kier alpha value is -4.34. The van der Waals surface area contributed by atoms with Gasteiger partial charge in [0.15, 0.2) is 0 Å². The maximum absolute atomic E-state index is 14.2. The van der Waals surface area contributed by atoms with Gasteiger partial charge >= 0.3 is 17.9 Å². The lowest BCUT2D eigenvalue weighted by molar-refractivity contribution is -0.137. The van der Waals surface area contributed by atoms with Crippen LogP contribution in [0.1, 0.15) is 42.9 Å². The lowest BCUT2D eigenvalue weighted by Crippen LogP contribution is -2.59. The number of amides is 3. The lowest BCUT2D eigenvalue weighted by Gasteiger charge is -2.43. The summed E-state index contributed by atoms with van der Waals surface area (Å²) in [7, 11) is 3.48. The molecule has 1 atom stereocenters. The Balaban J connectivity index is 1.07. The Morgan fingerprint density at radius 1 is 0.962 bits per heavy atom. The van der Waals surface area contributed by atoms with Gasteiger partial charge in [0.1, 0.15) is 6.04 Å². The number of imidazole rings is 1. The predicted molar refractivity (Wildman–Crippen MR) is 198 cm³/mol. The Bertz CT molecular complexity index is 2030. The molecular weight excluding hydrogens is 711 g/mol. The Labute approximate surface area is 310 Å². The summed E-state index contributed by atoms with van der Waals surface area (Å²) in [6, 6.07) is 8.65. The number of likely N-dealkylation sites (tertiary alicyclic amines) is 2. The average Bonchev–Trinajstić information content (AvgIpc) is 3.50. The number of carbonyl (C=O) groups is 2. The number of nitrogens with one attached hydrogen (secondary N) is 3. The molecule has 53 heavy (non-hydrogen) atoms. The van der Waals surface area contributed by atoms with Gasteiger partial charge in [-0.25, -0.2) is 9.59 Å². The van der Waals surface area contributed by atoms with Crippen LogP contribution in [0.25, 0.3) is 21.9 Å². The third-order valence-electron chi connectivity index (χ3n) is 11.2. The van der Waals surface area contributed by atoms with E-state index < -0.39 is 23.8 Å². The summed E-state index contributed by atoms with van der Waals surface area (Å²) in [4.78, 5) is 56.7. The van der Waals surface area contributed by atoms with E-state index in [4.69, 9.17) is 11.6 Å². The molecule has 4 aromatic rings. The first kappa shape index (κ1) is 37.0. The number of halogens is 4. The van der Waals surface area contributed by atoms with Gasteiger partial charge in [0.25, 0.3) is 0 Å². The quantitative estimate of drug-likeness (QED) is 0.248. The molecule has 0 aliphatic carbocycles. The molecule has 3 fully saturated rings. The number of piperazine rings is 1. The van der Waals surface area contributed by atoms with Gasteiger partial charge in [0.05, 0.1) is 39.0 Å². The number of aromatic nitrogens is 3. The fourth-order valence-electron chi connectivity index (χ4n) is 8.23. The van der Waals surface area contributed by atoms with Crippen LogP contribution in [0.5, 0.6) is 0 Å². The SMILES string of the molecule is CNc1c(Cl)cc(C[C@@H](NC(=O)N2CCC(n3c(=O)[nH]c4c5ccccc5ncc43)CC2)C(=O)N2CCN(C3CCN(C)CC3)CC2)cc1C(F)(F)F. The number of nitrogens with zero attached hydrogens (tertiary/aromatic N) is 6. The molecule has 0 bridgehead atoms. The molecule has 3 amide bonds. The highest BCUT2D eigenvalue weighted by Gasteiger charge is 2.37. The molecule has 0 spiro atoms. The van der Waals surface area contributed by atoms with E-state index >= 15 is 0 Å². The second-order valence-corrected chi connectivity index (χ2v) is 14.8. The first-order valence-corrected chi connectivity index (χ1v) is 18.6. The fraction of sp³-hybridized carbons (Fsp3) is 0.514. The normalized spacial score (nSPS) is 19.2. The summed E-state index contributed by atoms with van der Waals surface area (Å²) in [5.74, 6) is -0.344. The van der Waals surface area contributed by atoms with Crippen LogP contribution in [0.2, 0.25) is 5.02 Å². The highest BCUT2D eigenvalue weighted by Crippen LogP contribution is 2.40. The number of pyridine rings is 1. The van der Waals surface area contributed by atoms with E-state index in [0.717, 1.165) is 42.9 Å². The monoisotopic (exact) mass is 755 g/mol. The Morgan fingerprint density at radius 3 is 2.32 bits per heavy atom. The number of para-hydroxylation sites is 1. The van der Waals surface area contributed by atoms with Crippen molar-refractivity contribution >= 4 is 51.2 Å². The molecular formula is C37H45ClF3N9O3. The van der Waals surface area contributed by atoms with Gasteiger partial charge < -0.3 is 30.3 Å². The zero-order valence-electron chi connectivity index (χ0n) is 29.9. The number of carbonyl (C=O) groups excluding carboxylic acids is 2. The van der Waals surface area contributed by atoms with Crippen molar-refractivity contribution < 1.29 is 22.8 Å². The number of urea groups is 1. The van der Waals surface area contributed by atoms with Crippen molar-refractivity contribution in [3.8, 4) is 0 Å².